The number of benzene rings is 2. The quantitative estimate of drug-likeness (QED) is 0.561. The highest BCUT2D eigenvalue weighted by Gasteiger charge is 2.17. The van der Waals surface area contributed by atoms with Gasteiger partial charge < -0.3 is 9.47 Å². The van der Waals surface area contributed by atoms with E-state index in [9.17, 15) is 4.79 Å². The Bertz CT molecular complexity index is 840. The normalized spacial score (nSPS) is 10.7. The van der Waals surface area contributed by atoms with Crippen molar-refractivity contribution in [3.05, 3.63) is 94.8 Å². The monoisotopic (exact) mass is 366 g/mol. The molecule has 3 rings (SSSR count). The van der Waals surface area contributed by atoms with Gasteiger partial charge >= 0.3 is 0 Å². The number of hydrogen-bond acceptors (Lipinski definition) is 1. The molecule has 4 heteroatoms. The zero-order valence-corrected chi connectivity index (χ0v) is 15.7. The van der Waals surface area contributed by atoms with Gasteiger partial charge in [-0.05, 0) is 48.4 Å². The van der Waals surface area contributed by atoms with Crippen LogP contribution < -0.4 is 0 Å². The standard InChI is InChI=1S/C22H23ClN2O/c1-2-14-25(22(26)19-10-12-20(23)13-11-19)17-21-9-6-15-24(21)16-18-7-4-3-5-8-18/h3-13,15H,2,14,16-17H2,1H3. The van der Waals surface area contributed by atoms with Crippen LogP contribution in [0.5, 0.6) is 0 Å². The molecule has 134 valence electrons. The van der Waals surface area contributed by atoms with Crippen LogP contribution in [-0.4, -0.2) is 21.9 Å². The molecular formula is C22H23ClN2O. The van der Waals surface area contributed by atoms with Crippen LogP contribution in [0.4, 0.5) is 0 Å². The van der Waals surface area contributed by atoms with Crippen LogP contribution in [0, 0.1) is 0 Å². The summed E-state index contributed by atoms with van der Waals surface area (Å²) in [7, 11) is 0. The lowest BCUT2D eigenvalue weighted by Crippen LogP contribution is -2.32. The van der Waals surface area contributed by atoms with Gasteiger partial charge in [-0.15, -0.1) is 0 Å². The molecule has 0 radical (unpaired) electrons. The first-order chi connectivity index (χ1) is 12.7. The third-order valence-corrected chi connectivity index (χ3v) is 4.60. The molecular weight excluding hydrogens is 344 g/mol. The number of hydrogen-bond donors (Lipinski definition) is 0. The molecule has 1 aromatic heterocycles. The van der Waals surface area contributed by atoms with Gasteiger partial charge in [-0.1, -0.05) is 48.9 Å². The summed E-state index contributed by atoms with van der Waals surface area (Å²) in [4.78, 5) is 14.8. The second kappa shape index (κ2) is 8.72. The van der Waals surface area contributed by atoms with Crippen molar-refractivity contribution in [1.29, 1.82) is 0 Å². The summed E-state index contributed by atoms with van der Waals surface area (Å²) < 4.78 is 2.20. The Morgan fingerprint density at radius 3 is 2.42 bits per heavy atom. The summed E-state index contributed by atoms with van der Waals surface area (Å²) in [6.45, 7) is 4.20. The number of aromatic nitrogens is 1. The van der Waals surface area contributed by atoms with Crippen LogP contribution in [0.1, 0.15) is 35.0 Å². The Balaban J connectivity index is 1.77. The van der Waals surface area contributed by atoms with Gasteiger partial charge in [-0.2, -0.15) is 0 Å². The van der Waals surface area contributed by atoms with E-state index in [4.69, 9.17) is 11.6 Å². The van der Waals surface area contributed by atoms with Crippen molar-refractivity contribution in [2.45, 2.75) is 26.4 Å². The highest BCUT2D eigenvalue weighted by molar-refractivity contribution is 6.30. The first-order valence-corrected chi connectivity index (χ1v) is 9.28. The van der Waals surface area contributed by atoms with Gasteiger partial charge in [0.1, 0.15) is 0 Å². The lowest BCUT2D eigenvalue weighted by molar-refractivity contribution is 0.0739. The van der Waals surface area contributed by atoms with E-state index in [1.54, 1.807) is 24.3 Å². The lowest BCUT2D eigenvalue weighted by atomic mass is 10.2. The topological polar surface area (TPSA) is 25.2 Å². The van der Waals surface area contributed by atoms with Crippen molar-refractivity contribution in [2.24, 2.45) is 0 Å². The molecule has 0 atom stereocenters. The fourth-order valence-corrected chi connectivity index (χ4v) is 3.15. The Kier molecular flexibility index (Phi) is 6.13. The van der Waals surface area contributed by atoms with Crippen LogP contribution in [0.3, 0.4) is 0 Å². The third-order valence-electron chi connectivity index (χ3n) is 4.34. The van der Waals surface area contributed by atoms with E-state index in [2.05, 4.69) is 35.9 Å². The number of amides is 1. The fourth-order valence-electron chi connectivity index (χ4n) is 3.02. The number of nitrogens with zero attached hydrogens (tertiary/aromatic N) is 2. The van der Waals surface area contributed by atoms with E-state index in [-0.39, 0.29) is 5.91 Å². The minimum Gasteiger partial charge on any atom is -0.345 e. The molecule has 1 heterocycles. The molecule has 0 N–H and O–H groups in total. The molecule has 3 nitrogen and oxygen atoms in total. The number of rotatable bonds is 7. The maximum absolute atomic E-state index is 12.9. The molecule has 0 saturated heterocycles. The third kappa shape index (κ3) is 4.55. The largest absolute Gasteiger partial charge is 0.345 e. The van der Waals surface area contributed by atoms with E-state index in [1.165, 1.54) is 5.56 Å². The SMILES string of the molecule is CCCN(Cc1cccn1Cc1ccccc1)C(=O)c1ccc(Cl)cc1. The minimum atomic E-state index is 0.0379. The van der Waals surface area contributed by atoms with Gasteiger partial charge in [0, 0.05) is 35.6 Å². The van der Waals surface area contributed by atoms with Crippen LogP contribution in [0.15, 0.2) is 72.9 Å². The lowest BCUT2D eigenvalue weighted by Gasteiger charge is -2.23. The molecule has 0 spiro atoms. The molecule has 0 fully saturated rings. The highest BCUT2D eigenvalue weighted by atomic mass is 35.5. The van der Waals surface area contributed by atoms with Crippen LogP contribution >= 0.6 is 11.6 Å². The molecule has 3 aromatic rings. The van der Waals surface area contributed by atoms with E-state index < -0.39 is 0 Å². The average molecular weight is 367 g/mol. The fraction of sp³-hybridized carbons (Fsp3) is 0.227. The van der Waals surface area contributed by atoms with E-state index in [0.717, 1.165) is 25.2 Å². The number of halogens is 1. The van der Waals surface area contributed by atoms with Gasteiger partial charge in [-0.25, -0.2) is 0 Å². The first kappa shape index (κ1) is 18.3. The number of carbonyl (C=O) groups excluding carboxylic acids is 1. The van der Waals surface area contributed by atoms with Crippen molar-refractivity contribution >= 4 is 17.5 Å². The van der Waals surface area contributed by atoms with E-state index in [1.807, 2.05) is 29.2 Å². The van der Waals surface area contributed by atoms with Gasteiger partial charge in [0.05, 0.1) is 6.54 Å². The molecule has 2 aromatic carbocycles. The molecule has 1 amide bonds. The van der Waals surface area contributed by atoms with Crippen molar-refractivity contribution in [3.8, 4) is 0 Å². The molecule has 0 unspecified atom stereocenters. The summed E-state index contributed by atoms with van der Waals surface area (Å²) in [5.41, 5.74) is 3.05. The smallest absolute Gasteiger partial charge is 0.254 e. The molecule has 0 bridgehead atoms. The summed E-state index contributed by atoms with van der Waals surface area (Å²) in [5.74, 6) is 0.0379. The predicted molar refractivity (Wildman–Crippen MR) is 106 cm³/mol. The van der Waals surface area contributed by atoms with Crippen molar-refractivity contribution in [3.63, 3.8) is 0 Å². The summed E-state index contributed by atoms with van der Waals surface area (Å²) >= 11 is 5.94. The van der Waals surface area contributed by atoms with Gasteiger partial charge in [0.15, 0.2) is 0 Å². The zero-order valence-electron chi connectivity index (χ0n) is 14.9. The summed E-state index contributed by atoms with van der Waals surface area (Å²) in [5, 5.41) is 0.639. The van der Waals surface area contributed by atoms with Gasteiger partial charge in [0.2, 0.25) is 0 Å². The molecule has 0 saturated carbocycles. The minimum absolute atomic E-state index is 0.0379. The maximum Gasteiger partial charge on any atom is 0.254 e. The maximum atomic E-state index is 12.9. The Morgan fingerprint density at radius 2 is 1.73 bits per heavy atom. The van der Waals surface area contributed by atoms with E-state index in [0.29, 0.717) is 17.1 Å². The summed E-state index contributed by atoms with van der Waals surface area (Å²) in [6, 6.07) is 21.6. The van der Waals surface area contributed by atoms with Gasteiger partial charge in [-0.3, -0.25) is 4.79 Å². The highest BCUT2D eigenvalue weighted by Crippen LogP contribution is 2.15. The molecule has 26 heavy (non-hydrogen) atoms. The first-order valence-electron chi connectivity index (χ1n) is 8.90. The molecule has 0 aliphatic rings. The zero-order chi connectivity index (χ0) is 18.4. The Hall–Kier alpha value is -2.52. The second-order valence-electron chi connectivity index (χ2n) is 6.35. The van der Waals surface area contributed by atoms with Crippen molar-refractivity contribution in [1.82, 2.24) is 9.47 Å². The Labute approximate surface area is 159 Å². The van der Waals surface area contributed by atoms with Crippen LogP contribution in [0.2, 0.25) is 5.02 Å². The van der Waals surface area contributed by atoms with Crippen molar-refractivity contribution in [2.75, 3.05) is 6.54 Å². The van der Waals surface area contributed by atoms with Crippen LogP contribution in [0.25, 0.3) is 0 Å². The second-order valence-corrected chi connectivity index (χ2v) is 6.78. The van der Waals surface area contributed by atoms with E-state index >= 15 is 0 Å². The average Bonchev–Trinajstić information content (AvgIpc) is 3.09. The summed E-state index contributed by atoms with van der Waals surface area (Å²) in [6.07, 6.45) is 2.98. The van der Waals surface area contributed by atoms with Crippen molar-refractivity contribution < 1.29 is 4.79 Å². The Morgan fingerprint density at radius 1 is 1.00 bits per heavy atom. The molecule has 0 aliphatic heterocycles. The van der Waals surface area contributed by atoms with Crippen LogP contribution in [-0.2, 0) is 13.1 Å². The number of carbonyl (C=O) groups is 1. The predicted octanol–water partition coefficient (Wildman–Crippen LogP) is 5.24. The van der Waals surface area contributed by atoms with Gasteiger partial charge in [0.25, 0.3) is 5.91 Å². The molecule has 0 aliphatic carbocycles.